The van der Waals surface area contributed by atoms with Crippen LogP contribution in [-0.4, -0.2) is 19.9 Å². The molecular weight excluding hydrogens is 659 g/mol. The van der Waals surface area contributed by atoms with Gasteiger partial charge in [0.25, 0.3) is 0 Å². The van der Waals surface area contributed by atoms with Gasteiger partial charge in [-0.3, -0.25) is 4.98 Å². The van der Waals surface area contributed by atoms with Crippen LogP contribution in [0.5, 0.6) is 0 Å². The Bertz CT molecular complexity index is 2470. The average molecular weight is 698 g/mol. The molecule has 4 saturated carbocycles. The second kappa shape index (κ2) is 13.3. The highest BCUT2D eigenvalue weighted by Crippen LogP contribution is 2.60. The Morgan fingerprint density at radius 2 is 1.02 bits per heavy atom. The zero-order chi connectivity index (χ0) is 36.1. The largest absolute Gasteiger partial charge is 0.256 e. The Hall–Kier alpha value is -6.25. The van der Waals surface area contributed by atoms with Gasteiger partial charge in [-0.15, -0.1) is 0 Å². The minimum atomic E-state index is 0.403. The van der Waals surface area contributed by atoms with Gasteiger partial charge in [0.1, 0.15) is 0 Å². The Morgan fingerprint density at radius 1 is 0.481 bits per heavy atom. The molecule has 5 heteroatoms. The molecule has 4 bridgehead atoms. The molecule has 0 spiro atoms. The van der Waals surface area contributed by atoms with Crippen LogP contribution in [0.2, 0.25) is 0 Å². The molecule has 54 heavy (non-hydrogen) atoms. The molecule has 0 saturated heterocycles. The maximum absolute atomic E-state index is 7.45. The van der Waals surface area contributed by atoms with Crippen molar-refractivity contribution in [2.24, 2.45) is 17.8 Å². The number of nitrogens with zero attached hydrogens (tertiary/aromatic N) is 5. The first kappa shape index (κ1) is 32.4. The molecule has 2 aromatic heterocycles. The molecular formula is C49H39N5. The third-order valence-corrected chi connectivity index (χ3v) is 12.2. The molecule has 5 aromatic carbocycles. The van der Waals surface area contributed by atoms with E-state index in [4.69, 9.17) is 21.5 Å². The van der Waals surface area contributed by atoms with Gasteiger partial charge in [0.2, 0.25) is 0 Å². The maximum Gasteiger partial charge on any atom is 0.187 e. The average Bonchev–Trinajstić information content (AvgIpc) is 3.23. The third-order valence-electron chi connectivity index (χ3n) is 12.2. The molecule has 0 N–H and O–H groups in total. The predicted molar refractivity (Wildman–Crippen MR) is 216 cm³/mol. The first-order chi connectivity index (χ1) is 26.6. The summed E-state index contributed by atoms with van der Waals surface area (Å²) in [5, 5.41) is 0. The molecule has 0 atom stereocenters. The molecule has 260 valence electrons. The van der Waals surface area contributed by atoms with E-state index in [1.54, 1.807) is 5.56 Å². The van der Waals surface area contributed by atoms with E-state index in [2.05, 4.69) is 88.7 Å². The highest BCUT2D eigenvalue weighted by Gasteiger charge is 2.51. The fourth-order valence-electron chi connectivity index (χ4n) is 10.0. The lowest BCUT2D eigenvalue weighted by molar-refractivity contribution is -0.00518. The summed E-state index contributed by atoms with van der Waals surface area (Å²) >= 11 is 0. The fraction of sp³-hybridized carbons (Fsp3) is 0.204. The van der Waals surface area contributed by atoms with Crippen LogP contribution in [0.4, 0.5) is 5.69 Å². The first-order valence-corrected chi connectivity index (χ1v) is 19.2. The van der Waals surface area contributed by atoms with Crippen molar-refractivity contribution in [2.45, 2.75) is 43.9 Å². The fourth-order valence-corrected chi connectivity index (χ4v) is 10.0. The molecule has 0 amide bonds. The summed E-state index contributed by atoms with van der Waals surface area (Å²) in [5.41, 5.74) is 11.6. The van der Waals surface area contributed by atoms with Crippen molar-refractivity contribution in [3.8, 4) is 67.7 Å². The lowest BCUT2D eigenvalue weighted by Gasteiger charge is -2.57. The van der Waals surface area contributed by atoms with E-state index in [-0.39, 0.29) is 0 Å². The Morgan fingerprint density at radius 3 is 1.61 bits per heavy atom. The van der Waals surface area contributed by atoms with Crippen LogP contribution in [0, 0.1) is 24.3 Å². The lowest BCUT2D eigenvalue weighted by atomic mass is 9.48. The minimum absolute atomic E-state index is 0.403. The molecule has 0 unspecified atom stereocenters. The number of hydrogen-bond donors (Lipinski definition) is 0. The number of hydrogen-bond acceptors (Lipinski definition) is 4. The van der Waals surface area contributed by atoms with E-state index in [1.165, 1.54) is 49.7 Å². The molecule has 5 nitrogen and oxygen atoms in total. The van der Waals surface area contributed by atoms with Crippen molar-refractivity contribution in [1.29, 1.82) is 0 Å². The standard InChI is InChI=1S/C49H39N5/c1-50-42-21-16-39(17-22-42)47-52-46(53-48(54-47)43-23-18-40(45-9-5-6-24-51-45)28-44(43)37-7-3-2-4-8-37)38-12-10-35(11-13-38)36-14-19-41(20-15-36)49-29-32-25-33(30-49)27-34(26-32)31-49/h2-24,28,32-34H,25-27,29-31H2. The second-order valence-corrected chi connectivity index (χ2v) is 15.7. The van der Waals surface area contributed by atoms with Gasteiger partial charge >= 0.3 is 0 Å². The van der Waals surface area contributed by atoms with Crippen molar-refractivity contribution < 1.29 is 0 Å². The summed E-state index contributed by atoms with van der Waals surface area (Å²) in [6.45, 7) is 7.45. The molecule has 11 rings (SSSR count). The monoisotopic (exact) mass is 697 g/mol. The second-order valence-electron chi connectivity index (χ2n) is 15.7. The van der Waals surface area contributed by atoms with E-state index in [0.29, 0.717) is 28.6 Å². The van der Waals surface area contributed by atoms with Gasteiger partial charge in [-0.2, -0.15) is 0 Å². The van der Waals surface area contributed by atoms with E-state index < -0.39 is 0 Å². The van der Waals surface area contributed by atoms with Crippen LogP contribution in [0.15, 0.2) is 146 Å². The number of rotatable bonds is 7. The molecule has 4 aliphatic rings. The number of aromatic nitrogens is 4. The number of pyridine rings is 1. The quantitative estimate of drug-likeness (QED) is 0.156. The van der Waals surface area contributed by atoms with Crippen molar-refractivity contribution in [3.05, 3.63) is 163 Å². The number of benzene rings is 5. The van der Waals surface area contributed by atoms with Gasteiger partial charge in [0, 0.05) is 28.5 Å². The molecule has 2 heterocycles. The summed E-state index contributed by atoms with van der Waals surface area (Å²) < 4.78 is 0. The molecule has 7 aromatic rings. The third kappa shape index (κ3) is 5.98. The van der Waals surface area contributed by atoms with E-state index in [1.807, 2.05) is 66.9 Å². The molecule has 4 aliphatic carbocycles. The summed E-state index contributed by atoms with van der Waals surface area (Å²) in [6.07, 6.45) is 10.4. The molecule has 0 aliphatic heterocycles. The topological polar surface area (TPSA) is 55.9 Å². The summed E-state index contributed by atoms with van der Waals surface area (Å²) in [5.74, 6) is 4.56. The maximum atomic E-state index is 7.45. The van der Waals surface area contributed by atoms with E-state index in [0.717, 1.165) is 56.8 Å². The smallest absolute Gasteiger partial charge is 0.187 e. The summed E-state index contributed by atoms with van der Waals surface area (Å²) in [4.78, 5) is 23.4. The summed E-state index contributed by atoms with van der Waals surface area (Å²) in [7, 11) is 0. The highest BCUT2D eigenvalue weighted by molar-refractivity contribution is 5.85. The van der Waals surface area contributed by atoms with Crippen molar-refractivity contribution in [3.63, 3.8) is 0 Å². The van der Waals surface area contributed by atoms with Gasteiger partial charge in [0.05, 0.1) is 12.3 Å². The van der Waals surface area contributed by atoms with E-state index in [9.17, 15) is 0 Å². The summed E-state index contributed by atoms with van der Waals surface area (Å²) in [6, 6.07) is 48.2. The van der Waals surface area contributed by atoms with Crippen LogP contribution in [0.25, 0.3) is 72.5 Å². The van der Waals surface area contributed by atoms with Crippen molar-refractivity contribution in [2.75, 3.05) is 0 Å². The van der Waals surface area contributed by atoms with E-state index >= 15 is 0 Å². The van der Waals surface area contributed by atoms with Gasteiger partial charge in [-0.25, -0.2) is 19.8 Å². The molecule has 4 fully saturated rings. The van der Waals surface area contributed by atoms with Crippen molar-refractivity contribution in [1.82, 2.24) is 19.9 Å². The Kier molecular flexibility index (Phi) is 7.99. The zero-order valence-corrected chi connectivity index (χ0v) is 30.1. The van der Waals surface area contributed by atoms with Crippen LogP contribution >= 0.6 is 0 Å². The van der Waals surface area contributed by atoms with Crippen LogP contribution in [0.3, 0.4) is 0 Å². The van der Waals surface area contributed by atoms with Crippen LogP contribution in [-0.2, 0) is 5.41 Å². The first-order valence-electron chi connectivity index (χ1n) is 19.2. The Balaban J connectivity index is 1.03. The molecule has 0 radical (unpaired) electrons. The minimum Gasteiger partial charge on any atom is -0.256 e. The van der Waals surface area contributed by atoms with Crippen LogP contribution in [0.1, 0.15) is 44.1 Å². The lowest BCUT2D eigenvalue weighted by Crippen LogP contribution is -2.48. The normalized spacial score (nSPS) is 21.1. The Labute approximate surface area is 316 Å². The SMILES string of the molecule is [C-]#[N+]c1ccc(-c2nc(-c3ccc(-c4ccc(C56CC7CC(CC(C7)C5)C6)cc4)cc3)nc(-c3ccc(-c4ccccn4)cc3-c3ccccc3)n2)cc1. The van der Waals surface area contributed by atoms with Gasteiger partial charge in [-0.05, 0) is 114 Å². The van der Waals surface area contributed by atoms with Gasteiger partial charge in [0.15, 0.2) is 23.2 Å². The van der Waals surface area contributed by atoms with Gasteiger partial charge in [-0.1, -0.05) is 115 Å². The zero-order valence-electron chi connectivity index (χ0n) is 30.1. The highest BCUT2D eigenvalue weighted by atomic mass is 15.0. The van der Waals surface area contributed by atoms with Gasteiger partial charge < -0.3 is 0 Å². The van der Waals surface area contributed by atoms with Crippen LogP contribution < -0.4 is 0 Å². The van der Waals surface area contributed by atoms with Crippen molar-refractivity contribution >= 4 is 5.69 Å². The predicted octanol–water partition coefficient (Wildman–Crippen LogP) is 12.3.